The Labute approximate surface area is 199 Å². The van der Waals surface area contributed by atoms with E-state index in [0.29, 0.717) is 5.02 Å². The van der Waals surface area contributed by atoms with Crippen molar-refractivity contribution in [2.24, 2.45) is 0 Å². The Bertz CT molecular complexity index is 1250. The highest BCUT2D eigenvalue weighted by Crippen LogP contribution is 2.33. The maximum Gasteiger partial charge on any atom is 0.248 e. The molecule has 1 aliphatic carbocycles. The van der Waals surface area contributed by atoms with Crippen LogP contribution in [0.2, 0.25) is 5.02 Å². The van der Waals surface area contributed by atoms with Crippen LogP contribution < -0.4 is 5.32 Å². The topological polar surface area (TPSA) is 46.9 Å². The molecule has 1 fully saturated rings. The molecule has 3 aromatic carbocycles. The van der Waals surface area contributed by atoms with Crippen molar-refractivity contribution < 1.29 is 4.79 Å². The van der Waals surface area contributed by atoms with Crippen molar-refractivity contribution in [3.05, 3.63) is 88.9 Å². The standard InChI is InChI=1S/C28H28ClN3O/c1-19-11-13-20(14-12-19)26(28(33)30-23-7-3-2-4-8-23)32-25-10-6-5-9-24(25)31-27(32)21-15-17-22(29)18-16-21/h5-6,9-18,23,26H,2-4,7-8H2,1H3,(H,30,33). The fourth-order valence-electron chi connectivity index (χ4n) is 4.80. The summed E-state index contributed by atoms with van der Waals surface area (Å²) in [6, 6.07) is 23.6. The first kappa shape index (κ1) is 21.7. The van der Waals surface area contributed by atoms with E-state index in [2.05, 4.69) is 41.1 Å². The lowest BCUT2D eigenvalue weighted by molar-refractivity contribution is -0.124. The number of para-hydroxylation sites is 2. The molecule has 5 heteroatoms. The van der Waals surface area contributed by atoms with Crippen LogP contribution in [0.4, 0.5) is 0 Å². The second-order valence-corrected chi connectivity index (χ2v) is 9.39. The van der Waals surface area contributed by atoms with E-state index in [4.69, 9.17) is 16.6 Å². The number of imidazole rings is 1. The van der Waals surface area contributed by atoms with Crippen LogP contribution in [0.15, 0.2) is 72.8 Å². The molecule has 5 rings (SSSR count). The molecule has 4 nitrogen and oxygen atoms in total. The van der Waals surface area contributed by atoms with E-state index in [-0.39, 0.29) is 11.9 Å². The van der Waals surface area contributed by atoms with Gasteiger partial charge in [-0.25, -0.2) is 4.98 Å². The molecule has 0 radical (unpaired) electrons. The van der Waals surface area contributed by atoms with Crippen molar-refractivity contribution in [1.29, 1.82) is 0 Å². The first-order valence-corrected chi connectivity index (χ1v) is 12.1. The Kier molecular flexibility index (Phi) is 6.19. The van der Waals surface area contributed by atoms with Gasteiger partial charge in [-0.05, 0) is 61.7 Å². The van der Waals surface area contributed by atoms with Gasteiger partial charge in [0.25, 0.3) is 0 Å². The summed E-state index contributed by atoms with van der Waals surface area (Å²) in [5.74, 6) is 0.779. The maximum atomic E-state index is 13.9. The molecule has 0 bridgehead atoms. The first-order valence-electron chi connectivity index (χ1n) is 11.7. The number of amides is 1. The van der Waals surface area contributed by atoms with Crippen LogP contribution in [-0.4, -0.2) is 21.5 Å². The number of fused-ring (bicyclic) bond motifs is 1. The molecular weight excluding hydrogens is 430 g/mol. The van der Waals surface area contributed by atoms with Crippen LogP contribution in [0, 0.1) is 6.92 Å². The minimum Gasteiger partial charge on any atom is -0.351 e. The summed E-state index contributed by atoms with van der Waals surface area (Å²) >= 11 is 6.16. The highest BCUT2D eigenvalue weighted by Gasteiger charge is 2.29. The number of nitrogens with one attached hydrogen (secondary N) is 1. The van der Waals surface area contributed by atoms with Gasteiger partial charge < -0.3 is 9.88 Å². The van der Waals surface area contributed by atoms with Gasteiger partial charge >= 0.3 is 0 Å². The van der Waals surface area contributed by atoms with Gasteiger partial charge in [-0.2, -0.15) is 0 Å². The minimum absolute atomic E-state index is 0.0177. The monoisotopic (exact) mass is 457 g/mol. The summed E-state index contributed by atoms with van der Waals surface area (Å²) in [7, 11) is 0. The Balaban J connectivity index is 1.67. The van der Waals surface area contributed by atoms with Gasteiger partial charge in [-0.1, -0.05) is 72.8 Å². The van der Waals surface area contributed by atoms with Crippen molar-refractivity contribution in [3.8, 4) is 11.4 Å². The zero-order chi connectivity index (χ0) is 22.8. The third-order valence-corrected chi connectivity index (χ3v) is 6.80. The van der Waals surface area contributed by atoms with Crippen molar-refractivity contribution in [1.82, 2.24) is 14.9 Å². The van der Waals surface area contributed by atoms with Gasteiger partial charge in [0, 0.05) is 16.6 Å². The number of aryl methyl sites for hydroxylation is 1. The molecule has 1 unspecified atom stereocenters. The maximum absolute atomic E-state index is 13.9. The highest BCUT2D eigenvalue weighted by molar-refractivity contribution is 6.30. The molecule has 1 atom stereocenters. The molecule has 0 spiro atoms. The van der Waals surface area contributed by atoms with Crippen molar-refractivity contribution in [2.45, 2.75) is 51.1 Å². The van der Waals surface area contributed by atoms with Crippen LogP contribution in [-0.2, 0) is 4.79 Å². The zero-order valence-electron chi connectivity index (χ0n) is 18.8. The molecule has 1 heterocycles. The Morgan fingerprint density at radius 1 is 0.970 bits per heavy atom. The lowest BCUT2D eigenvalue weighted by atomic mass is 9.94. The van der Waals surface area contributed by atoms with Gasteiger partial charge in [-0.15, -0.1) is 0 Å². The fraction of sp³-hybridized carbons (Fsp3) is 0.286. The zero-order valence-corrected chi connectivity index (χ0v) is 19.6. The van der Waals surface area contributed by atoms with Gasteiger partial charge in [0.1, 0.15) is 11.9 Å². The van der Waals surface area contributed by atoms with Crippen molar-refractivity contribution in [2.75, 3.05) is 0 Å². The molecule has 0 aliphatic heterocycles. The summed E-state index contributed by atoms with van der Waals surface area (Å²) in [5.41, 5.74) is 4.85. The van der Waals surface area contributed by atoms with Gasteiger partial charge in [0.05, 0.1) is 11.0 Å². The lowest BCUT2D eigenvalue weighted by Gasteiger charge is -2.27. The first-order chi connectivity index (χ1) is 16.1. The van der Waals surface area contributed by atoms with Crippen LogP contribution >= 0.6 is 11.6 Å². The van der Waals surface area contributed by atoms with E-state index >= 15 is 0 Å². The number of halogens is 1. The van der Waals surface area contributed by atoms with Crippen molar-refractivity contribution >= 4 is 28.5 Å². The van der Waals surface area contributed by atoms with E-state index in [0.717, 1.165) is 40.8 Å². The van der Waals surface area contributed by atoms with Crippen LogP contribution in [0.1, 0.15) is 49.3 Å². The van der Waals surface area contributed by atoms with E-state index in [1.807, 2.05) is 48.5 Å². The molecule has 1 saturated carbocycles. The lowest BCUT2D eigenvalue weighted by Crippen LogP contribution is -2.41. The van der Waals surface area contributed by atoms with E-state index in [1.54, 1.807) is 0 Å². The van der Waals surface area contributed by atoms with Crippen molar-refractivity contribution in [3.63, 3.8) is 0 Å². The molecule has 33 heavy (non-hydrogen) atoms. The van der Waals surface area contributed by atoms with E-state index in [1.165, 1.54) is 24.8 Å². The summed E-state index contributed by atoms with van der Waals surface area (Å²) < 4.78 is 2.08. The SMILES string of the molecule is Cc1ccc(C(C(=O)NC2CCCCC2)n2c(-c3ccc(Cl)cc3)nc3ccccc32)cc1. The normalized spacial score (nSPS) is 15.5. The summed E-state index contributed by atoms with van der Waals surface area (Å²) in [4.78, 5) is 18.8. The average molecular weight is 458 g/mol. The fourth-order valence-corrected chi connectivity index (χ4v) is 4.93. The molecule has 0 saturated heterocycles. The van der Waals surface area contributed by atoms with Crippen LogP contribution in [0.5, 0.6) is 0 Å². The molecular formula is C28H28ClN3O. The average Bonchev–Trinajstić information content (AvgIpc) is 3.21. The van der Waals surface area contributed by atoms with Gasteiger partial charge in [0.2, 0.25) is 5.91 Å². The number of carbonyl (C=O) groups is 1. The molecule has 168 valence electrons. The Morgan fingerprint density at radius 3 is 2.39 bits per heavy atom. The molecule has 1 aromatic heterocycles. The highest BCUT2D eigenvalue weighted by atomic mass is 35.5. The minimum atomic E-state index is -0.523. The van der Waals surface area contributed by atoms with Crippen LogP contribution in [0.25, 0.3) is 22.4 Å². The number of carbonyl (C=O) groups excluding carboxylic acids is 1. The number of aromatic nitrogens is 2. The second kappa shape index (κ2) is 9.40. The predicted octanol–water partition coefficient (Wildman–Crippen LogP) is 6.70. The number of hydrogen-bond donors (Lipinski definition) is 1. The number of nitrogens with zero attached hydrogens (tertiary/aromatic N) is 2. The number of hydrogen-bond acceptors (Lipinski definition) is 2. The summed E-state index contributed by atoms with van der Waals surface area (Å²) in [6.45, 7) is 2.06. The molecule has 1 aliphatic rings. The Hall–Kier alpha value is -3.11. The smallest absolute Gasteiger partial charge is 0.248 e. The molecule has 4 aromatic rings. The third kappa shape index (κ3) is 4.53. The third-order valence-electron chi connectivity index (χ3n) is 6.55. The van der Waals surface area contributed by atoms with E-state index < -0.39 is 6.04 Å². The number of rotatable bonds is 5. The largest absolute Gasteiger partial charge is 0.351 e. The Morgan fingerprint density at radius 2 is 1.67 bits per heavy atom. The second-order valence-electron chi connectivity index (χ2n) is 8.96. The quantitative estimate of drug-likeness (QED) is 0.362. The van der Waals surface area contributed by atoms with E-state index in [9.17, 15) is 4.79 Å². The molecule has 1 amide bonds. The van der Waals surface area contributed by atoms with Gasteiger partial charge in [0.15, 0.2) is 0 Å². The summed E-state index contributed by atoms with van der Waals surface area (Å²) in [6.07, 6.45) is 5.68. The van der Waals surface area contributed by atoms with Gasteiger partial charge in [-0.3, -0.25) is 4.79 Å². The molecule has 1 N–H and O–H groups in total. The van der Waals surface area contributed by atoms with Crippen LogP contribution in [0.3, 0.4) is 0 Å². The predicted molar refractivity (Wildman–Crippen MR) is 135 cm³/mol. The summed E-state index contributed by atoms with van der Waals surface area (Å²) in [5, 5.41) is 4.04. The number of benzene rings is 3.